The molecule has 3 rings (SSSR count). The summed E-state index contributed by atoms with van der Waals surface area (Å²) < 4.78 is 5.98. The van der Waals surface area contributed by atoms with Crippen molar-refractivity contribution in [3.8, 4) is 5.75 Å². The normalized spacial score (nSPS) is 26.8. The van der Waals surface area contributed by atoms with Crippen molar-refractivity contribution >= 4 is 5.78 Å². The summed E-state index contributed by atoms with van der Waals surface area (Å²) >= 11 is 0. The number of Topliss-reactive ketones (excluding diaryl/α,β-unsaturated/α-hetero) is 1. The van der Waals surface area contributed by atoms with Gasteiger partial charge >= 0.3 is 0 Å². The number of fused-ring (bicyclic) bond motifs is 1. The van der Waals surface area contributed by atoms with Crippen molar-refractivity contribution in [3.63, 3.8) is 0 Å². The molecule has 0 saturated carbocycles. The molecule has 2 aliphatic rings. The lowest BCUT2D eigenvalue weighted by Crippen LogP contribution is -2.43. The van der Waals surface area contributed by atoms with Crippen molar-refractivity contribution in [2.24, 2.45) is 5.92 Å². The van der Waals surface area contributed by atoms with Gasteiger partial charge in [-0.25, -0.2) is 0 Å². The third-order valence-corrected chi connectivity index (χ3v) is 4.26. The summed E-state index contributed by atoms with van der Waals surface area (Å²) in [7, 11) is 0. The predicted molar refractivity (Wildman–Crippen MR) is 74.4 cm³/mol. The third kappa shape index (κ3) is 2.81. The Balaban J connectivity index is 1.57. The van der Waals surface area contributed by atoms with E-state index in [-0.39, 0.29) is 12.0 Å². The van der Waals surface area contributed by atoms with E-state index in [4.69, 9.17) is 4.74 Å². The lowest BCUT2D eigenvalue weighted by molar-refractivity contribution is -0.122. The van der Waals surface area contributed by atoms with Crippen LogP contribution in [0.15, 0.2) is 24.3 Å². The maximum absolute atomic E-state index is 11.5. The van der Waals surface area contributed by atoms with Gasteiger partial charge in [0, 0.05) is 25.4 Å². The molecule has 1 saturated heterocycles. The van der Waals surface area contributed by atoms with Gasteiger partial charge in [0.1, 0.15) is 17.6 Å². The summed E-state index contributed by atoms with van der Waals surface area (Å²) in [5.41, 5.74) is 1.31. The molecule has 1 aromatic carbocycles. The lowest BCUT2D eigenvalue weighted by atomic mass is 9.94. The summed E-state index contributed by atoms with van der Waals surface area (Å²) in [6.45, 7) is 4.67. The van der Waals surface area contributed by atoms with Gasteiger partial charge in [-0.3, -0.25) is 9.69 Å². The van der Waals surface area contributed by atoms with E-state index in [0.29, 0.717) is 5.78 Å². The maximum Gasteiger partial charge on any atom is 0.134 e. The number of piperidine rings is 1. The van der Waals surface area contributed by atoms with E-state index >= 15 is 0 Å². The Kier molecular flexibility index (Phi) is 3.56. The average molecular weight is 259 g/mol. The van der Waals surface area contributed by atoms with E-state index in [9.17, 15) is 4.79 Å². The summed E-state index contributed by atoms with van der Waals surface area (Å²) in [5, 5.41) is 0. The number of rotatable bonds is 3. The summed E-state index contributed by atoms with van der Waals surface area (Å²) in [6, 6.07) is 8.28. The van der Waals surface area contributed by atoms with Crippen molar-refractivity contribution in [1.82, 2.24) is 4.90 Å². The van der Waals surface area contributed by atoms with E-state index in [1.165, 1.54) is 5.56 Å². The third-order valence-electron chi connectivity index (χ3n) is 4.26. The van der Waals surface area contributed by atoms with Crippen LogP contribution in [-0.4, -0.2) is 36.4 Å². The van der Waals surface area contributed by atoms with Gasteiger partial charge in [0.2, 0.25) is 0 Å². The minimum absolute atomic E-state index is 0.234. The SMILES string of the molecule is CC(=O)C1CCCN(CC2Cc3ccccc3O2)C1. The van der Waals surface area contributed by atoms with Crippen LogP contribution in [0.1, 0.15) is 25.3 Å². The van der Waals surface area contributed by atoms with Gasteiger partial charge in [-0.15, -0.1) is 0 Å². The molecule has 102 valence electrons. The van der Waals surface area contributed by atoms with Crippen molar-refractivity contribution in [2.75, 3.05) is 19.6 Å². The second-order valence-corrected chi connectivity index (χ2v) is 5.76. The molecule has 0 radical (unpaired) electrons. The first-order valence-electron chi connectivity index (χ1n) is 7.20. The number of para-hydroxylation sites is 1. The van der Waals surface area contributed by atoms with Gasteiger partial charge in [0.05, 0.1) is 0 Å². The number of nitrogens with zero attached hydrogens (tertiary/aromatic N) is 1. The fraction of sp³-hybridized carbons (Fsp3) is 0.562. The zero-order valence-corrected chi connectivity index (χ0v) is 11.5. The zero-order chi connectivity index (χ0) is 13.2. The Morgan fingerprint density at radius 3 is 3.05 bits per heavy atom. The van der Waals surface area contributed by atoms with Crippen molar-refractivity contribution in [1.29, 1.82) is 0 Å². The number of carbonyl (C=O) groups is 1. The Bertz CT molecular complexity index is 447. The molecule has 0 aliphatic carbocycles. The topological polar surface area (TPSA) is 29.5 Å². The molecule has 3 nitrogen and oxygen atoms in total. The number of carbonyl (C=O) groups excluding carboxylic acids is 1. The fourth-order valence-corrected chi connectivity index (χ4v) is 3.20. The maximum atomic E-state index is 11.5. The largest absolute Gasteiger partial charge is 0.488 e. The number of ether oxygens (including phenoxy) is 1. The number of hydrogen-bond donors (Lipinski definition) is 0. The highest BCUT2D eigenvalue weighted by Crippen LogP contribution is 2.29. The molecule has 0 N–H and O–H groups in total. The minimum atomic E-state index is 0.234. The molecule has 1 aromatic rings. The zero-order valence-electron chi connectivity index (χ0n) is 11.5. The van der Waals surface area contributed by atoms with E-state index in [0.717, 1.165) is 44.6 Å². The Morgan fingerprint density at radius 1 is 1.42 bits per heavy atom. The van der Waals surface area contributed by atoms with E-state index in [1.54, 1.807) is 6.92 Å². The van der Waals surface area contributed by atoms with Crippen molar-refractivity contribution in [2.45, 2.75) is 32.3 Å². The molecule has 1 fully saturated rings. The second kappa shape index (κ2) is 5.33. The lowest BCUT2D eigenvalue weighted by Gasteiger charge is -2.32. The standard InChI is InChI=1S/C16H21NO2/c1-12(18)14-6-4-8-17(10-14)11-15-9-13-5-2-3-7-16(13)19-15/h2-3,5,7,14-15H,4,6,8-11H2,1H3. The molecular formula is C16H21NO2. The number of likely N-dealkylation sites (tertiary alicyclic amines) is 1. The van der Waals surface area contributed by atoms with Crippen LogP contribution in [0.2, 0.25) is 0 Å². The number of hydrogen-bond acceptors (Lipinski definition) is 3. The molecule has 0 spiro atoms. The van der Waals surface area contributed by atoms with Gasteiger partial charge in [0.15, 0.2) is 0 Å². The second-order valence-electron chi connectivity index (χ2n) is 5.76. The van der Waals surface area contributed by atoms with Crippen LogP contribution in [0.25, 0.3) is 0 Å². The quantitative estimate of drug-likeness (QED) is 0.834. The first-order chi connectivity index (χ1) is 9.22. The van der Waals surface area contributed by atoms with Gasteiger partial charge in [-0.2, -0.15) is 0 Å². The minimum Gasteiger partial charge on any atom is -0.488 e. The van der Waals surface area contributed by atoms with E-state index in [1.807, 2.05) is 12.1 Å². The molecule has 0 aromatic heterocycles. The van der Waals surface area contributed by atoms with Crippen LogP contribution in [0.3, 0.4) is 0 Å². The van der Waals surface area contributed by atoms with Crippen LogP contribution in [0.5, 0.6) is 5.75 Å². The number of benzene rings is 1. The van der Waals surface area contributed by atoms with Crippen LogP contribution < -0.4 is 4.74 Å². The van der Waals surface area contributed by atoms with Gasteiger partial charge in [-0.05, 0) is 37.9 Å². The van der Waals surface area contributed by atoms with Crippen LogP contribution in [0, 0.1) is 5.92 Å². The summed E-state index contributed by atoms with van der Waals surface area (Å²) in [5.74, 6) is 1.60. The van der Waals surface area contributed by atoms with Crippen molar-refractivity contribution < 1.29 is 9.53 Å². The Morgan fingerprint density at radius 2 is 2.26 bits per heavy atom. The Labute approximate surface area is 114 Å². The van der Waals surface area contributed by atoms with E-state index < -0.39 is 0 Å². The highest BCUT2D eigenvalue weighted by atomic mass is 16.5. The number of ketones is 1. The fourth-order valence-electron chi connectivity index (χ4n) is 3.20. The summed E-state index contributed by atoms with van der Waals surface area (Å²) in [4.78, 5) is 13.9. The van der Waals surface area contributed by atoms with Crippen LogP contribution in [-0.2, 0) is 11.2 Å². The molecule has 0 bridgehead atoms. The molecule has 2 atom stereocenters. The molecule has 2 aliphatic heterocycles. The molecule has 0 amide bonds. The first-order valence-corrected chi connectivity index (χ1v) is 7.20. The molecule has 2 unspecified atom stereocenters. The van der Waals surface area contributed by atoms with Crippen LogP contribution >= 0.6 is 0 Å². The van der Waals surface area contributed by atoms with Crippen LogP contribution in [0.4, 0.5) is 0 Å². The Hall–Kier alpha value is -1.35. The molecule has 2 heterocycles. The van der Waals surface area contributed by atoms with Gasteiger partial charge < -0.3 is 4.74 Å². The molecular weight excluding hydrogens is 238 g/mol. The summed E-state index contributed by atoms with van der Waals surface area (Å²) in [6.07, 6.45) is 3.43. The predicted octanol–water partition coefficient (Wildman–Crippen LogP) is 2.29. The van der Waals surface area contributed by atoms with Gasteiger partial charge in [0.25, 0.3) is 0 Å². The molecule has 3 heteroatoms. The smallest absolute Gasteiger partial charge is 0.134 e. The van der Waals surface area contributed by atoms with E-state index in [2.05, 4.69) is 17.0 Å². The van der Waals surface area contributed by atoms with Gasteiger partial charge in [-0.1, -0.05) is 18.2 Å². The monoisotopic (exact) mass is 259 g/mol. The van der Waals surface area contributed by atoms with Crippen molar-refractivity contribution in [3.05, 3.63) is 29.8 Å². The molecule has 19 heavy (non-hydrogen) atoms. The highest BCUT2D eigenvalue weighted by molar-refractivity contribution is 5.78. The average Bonchev–Trinajstić information content (AvgIpc) is 2.81. The highest BCUT2D eigenvalue weighted by Gasteiger charge is 2.28. The first kappa shape index (κ1) is 12.7.